The second-order valence-electron chi connectivity index (χ2n) is 4.42. The summed E-state index contributed by atoms with van der Waals surface area (Å²) in [4.78, 5) is 15.3. The molecule has 7 heteroatoms. The van der Waals surface area contributed by atoms with Crippen molar-refractivity contribution in [2.75, 3.05) is 17.7 Å². The molecule has 102 valence electrons. The van der Waals surface area contributed by atoms with Gasteiger partial charge in [-0.15, -0.1) is 0 Å². The number of benzene rings is 1. The number of imidazole rings is 1. The van der Waals surface area contributed by atoms with E-state index in [1.165, 1.54) is 4.68 Å². The average molecular weight is 271 g/mol. The highest BCUT2D eigenvalue weighted by Crippen LogP contribution is 2.27. The van der Waals surface area contributed by atoms with Crippen molar-refractivity contribution in [3.8, 4) is 5.75 Å². The Hall–Kier alpha value is -2.83. The minimum Gasteiger partial charge on any atom is -0.482 e. The van der Waals surface area contributed by atoms with E-state index in [0.29, 0.717) is 17.4 Å². The molecule has 0 radical (unpaired) electrons. The van der Waals surface area contributed by atoms with Gasteiger partial charge in [-0.1, -0.05) is 0 Å². The number of carbonyl (C=O) groups excluding carboxylic acids is 1. The van der Waals surface area contributed by atoms with Gasteiger partial charge in [0.05, 0.1) is 23.8 Å². The van der Waals surface area contributed by atoms with E-state index in [2.05, 4.69) is 15.4 Å². The van der Waals surface area contributed by atoms with Crippen LogP contribution < -0.4 is 15.8 Å². The first kappa shape index (κ1) is 12.2. The number of rotatable bonds is 2. The molecule has 1 amide bonds. The number of anilines is 2. The van der Waals surface area contributed by atoms with Crippen LogP contribution in [-0.4, -0.2) is 28.4 Å². The van der Waals surface area contributed by atoms with Crippen LogP contribution >= 0.6 is 0 Å². The predicted octanol–water partition coefficient (Wildman–Crippen LogP) is 0.987. The van der Waals surface area contributed by atoms with Crippen molar-refractivity contribution in [3.63, 3.8) is 0 Å². The molecular formula is C13H13N5O2. The summed E-state index contributed by atoms with van der Waals surface area (Å²) in [7, 11) is 0. The van der Waals surface area contributed by atoms with Gasteiger partial charge >= 0.3 is 0 Å². The average Bonchev–Trinajstić information content (AvgIpc) is 2.74. The molecule has 3 rings (SSSR count). The molecule has 0 spiro atoms. The highest BCUT2D eigenvalue weighted by molar-refractivity contribution is 5.96. The third-order valence-corrected chi connectivity index (χ3v) is 2.80. The summed E-state index contributed by atoms with van der Waals surface area (Å²) in [5.74, 6) is 0.814. The van der Waals surface area contributed by atoms with E-state index in [0.717, 1.165) is 11.3 Å². The van der Waals surface area contributed by atoms with Crippen LogP contribution in [0.1, 0.15) is 11.3 Å². The first-order valence-electron chi connectivity index (χ1n) is 6.04. The van der Waals surface area contributed by atoms with E-state index in [-0.39, 0.29) is 12.5 Å². The normalized spacial score (nSPS) is 13.9. The number of aryl methyl sites for hydroxylation is 1. The Labute approximate surface area is 115 Å². The Morgan fingerprint density at radius 2 is 2.40 bits per heavy atom. The van der Waals surface area contributed by atoms with Crippen LogP contribution in [0.25, 0.3) is 0 Å². The lowest BCUT2D eigenvalue weighted by molar-refractivity contribution is -0.118. The number of fused-ring (bicyclic) bond motifs is 1. The maximum absolute atomic E-state index is 11.3. The molecular weight excluding hydrogens is 258 g/mol. The van der Waals surface area contributed by atoms with Crippen LogP contribution in [0.4, 0.5) is 11.6 Å². The molecule has 0 unspecified atom stereocenters. The standard InChI is InChI=1S/C13H13N5O2/c1-8-6-18(13(14)16-8)15-5-9-2-3-11-10(4-9)17-12(19)7-20-11/h2-6H,7H2,1H3,(H2,14,16)(H,17,19). The van der Waals surface area contributed by atoms with Gasteiger partial charge in [0.1, 0.15) is 5.75 Å². The summed E-state index contributed by atoms with van der Waals surface area (Å²) >= 11 is 0. The van der Waals surface area contributed by atoms with Crippen molar-refractivity contribution < 1.29 is 9.53 Å². The number of nitrogens with one attached hydrogen (secondary N) is 1. The number of hydrogen-bond donors (Lipinski definition) is 2. The Balaban J connectivity index is 1.86. The van der Waals surface area contributed by atoms with Gasteiger partial charge in [0, 0.05) is 0 Å². The summed E-state index contributed by atoms with van der Waals surface area (Å²) < 4.78 is 6.77. The SMILES string of the molecule is Cc1cn(N=Cc2ccc3c(c2)NC(=O)CO3)c(N)n1. The second kappa shape index (κ2) is 4.69. The predicted molar refractivity (Wildman–Crippen MR) is 74.9 cm³/mol. The quantitative estimate of drug-likeness (QED) is 0.796. The zero-order valence-electron chi connectivity index (χ0n) is 10.8. The number of carbonyl (C=O) groups is 1. The Bertz CT molecular complexity index is 705. The van der Waals surface area contributed by atoms with E-state index in [4.69, 9.17) is 10.5 Å². The molecule has 7 nitrogen and oxygen atoms in total. The van der Waals surface area contributed by atoms with Crippen molar-refractivity contribution >= 4 is 23.8 Å². The number of amides is 1. The molecule has 1 aliphatic heterocycles. The van der Waals surface area contributed by atoms with Crippen LogP contribution in [0.3, 0.4) is 0 Å². The molecule has 2 aromatic rings. The summed E-state index contributed by atoms with van der Waals surface area (Å²) in [6.07, 6.45) is 3.37. The van der Waals surface area contributed by atoms with Gasteiger partial charge < -0.3 is 15.8 Å². The summed E-state index contributed by atoms with van der Waals surface area (Å²) in [6.45, 7) is 1.89. The molecule has 1 aromatic heterocycles. The highest BCUT2D eigenvalue weighted by Gasteiger charge is 2.15. The van der Waals surface area contributed by atoms with Crippen LogP contribution in [0.5, 0.6) is 5.75 Å². The third-order valence-electron chi connectivity index (χ3n) is 2.80. The van der Waals surface area contributed by atoms with E-state index in [1.54, 1.807) is 24.5 Å². The third kappa shape index (κ3) is 2.33. The highest BCUT2D eigenvalue weighted by atomic mass is 16.5. The van der Waals surface area contributed by atoms with Crippen molar-refractivity contribution in [1.82, 2.24) is 9.66 Å². The largest absolute Gasteiger partial charge is 0.482 e. The lowest BCUT2D eigenvalue weighted by atomic mass is 10.2. The van der Waals surface area contributed by atoms with Crippen LogP contribution in [0, 0.1) is 6.92 Å². The number of nitrogens with zero attached hydrogens (tertiary/aromatic N) is 3. The molecule has 0 saturated carbocycles. The Kier molecular flexibility index (Phi) is 2.86. The number of ether oxygens (including phenoxy) is 1. The molecule has 0 bridgehead atoms. The minimum atomic E-state index is -0.166. The molecule has 0 saturated heterocycles. The molecule has 1 aromatic carbocycles. The van der Waals surface area contributed by atoms with Gasteiger partial charge in [0.2, 0.25) is 5.95 Å². The van der Waals surface area contributed by atoms with Crippen molar-refractivity contribution in [2.24, 2.45) is 5.10 Å². The first-order valence-corrected chi connectivity index (χ1v) is 6.04. The molecule has 0 atom stereocenters. The second-order valence-corrected chi connectivity index (χ2v) is 4.42. The van der Waals surface area contributed by atoms with Gasteiger partial charge in [-0.2, -0.15) is 5.10 Å². The fraction of sp³-hybridized carbons (Fsp3) is 0.154. The smallest absolute Gasteiger partial charge is 0.262 e. The van der Waals surface area contributed by atoms with Gasteiger partial charge in [0.25, 0.3) is 5.91 Å². The monoisotopic (exact) mass is 271 g/mol. The summed E-state index contributed by atoms with van der Waals surface area (Å²) in [5.41, 5.74) is 7.95. The molecule has 0 fully saturated rings. The molecule has 3 N–H and O–H groups in total. The van der Waals surface area contributed by atoms with Crippen LogP contribution in [0.15, 0.2) is 29.5 Å². The summed E-state index contributed by atoms with van der Waals surface area (Å²) in [5, 5.41) is 6.96. The van der Waals surface area contributed by atoms with Crippen molar-refractivity contribution in [2.45, 2.75) is 6.92 Å². The van der Waals surface area contributed by atoms with Crippen molar-refractivity contribution in [1.29, 1.82) is 0 Å². The fourth-order valence-electron chi connectivity index (χ4n) is 1.91. The van der Waals surface area contributed by atoms with Gasteiger partial charge in [-0.25, -0.2) is 9.66 Å². The minimum absolute atomic E-state index is 0.0469. The Morgan fingerprint density at radius 3 is 3.15 bits per heavy atom. The zero-order valence-corrected chi connectivity index (χ0v) is 10.8. The van der Waals surface area contributed by atoms with Gasteiger partial charge in [-0.3, -0.25) is 4.79 Å². The van der Waals surface area contributed by atoms with Gasteiger partial charge in [0.15, 0.2) is 6.61 Å². The van der Waals surface area contributed by atoms with Gasteiger partial charge in [-0.05, 0) is 30.7 Å². The first-order chi connectivity index (χ1) is 9.61. The van der Waals surface area contributed by atoms with E-state index >= 15 is 0 Å². The number of nitrogen functional groups attached to an aromatic ring is 1. The summed E-state index contributed by atoms with van der Waals surface area (Å²) in [6, 6.07) is 5.42. The number of hydrogen-bond acceptors (Lipinski definition) is 5. The van der Waals surface area contributed by atoms with E-state index in [9.17, 15) is 4.79 Å². The topological polar surface area (TPSA) is 94.5 Å². The number of aromatic nitrogens is 2. The van der Waals surface area contributed by atoms with Crippen LogP contribution in [-0.2, 0) is 4.79 Å². The molecule has 1 aliphatic rings. The fourth-order valence-corrected chi connectivity index (χ4v) is 1.91. The zero-order chi connectivity index (χ0) is 14.1. The lowest BCUT2D eigenvalue weighted by Crippen LogP contribution is -2.25. The van der Waals surface area contributed by atoms with E-state index in [1.807, 2.05) is 13.0 Å². The number of nitrogens with two attached hydrogens (primary N) is 1. The lowest BCUT2D eigenvalue weighted by Gasteiger charge is -2.17. The van der Waals surface area contributed by atoms with Crippen LogP contribution in [0.2, 0.25) is 0 Å². The maximum atomic E-state index is 11.3. The Morgan fingerprint density at radius 1 is 1.55 bits per heavy atom. The molecule has 20 heavy (non-hydrogen) atoms. The van der Waals surface area contributed by atoms with Crippen molar-refractivity contribution in [3.05, 3.63) is 35.7 Å². The molecule has 2 heterocycles. The molecule has 0 aliphatic carbocycles. The maximum Gasteiger partial charge on any atom is 0.262 e. The van der Waals surface area contributed by atoms with E-state index < -0.39 is 0 Å².